The molecule has 0 spiro atoms. The van der Waals surface area contributed by atoms with Crippen LogP contribution < -0.4 is 10.2 Å². The highest BCUT2D eigenvalue weighted by Gasteiger charge is 2.28. The van der Waals surface area contributed by atoms with E-state index in [0.717, 1.165) is 11.1 Å². The van der Waals surface area contributed by atoms with Crippen molar-refractivity contribution in [1.29, 1.82) is 0 Å². The Kier molecular flexibility index (Phi) is 5.44. The summed E-state index contributed by atoms with van der Waals surface area (Å²) in [6.45, 7) is 0.230. The number of H-pyrrole nitrogens is 1. The molecule has 0 radical (unpaired) electrons. The topological polar surface area (TPSA) is 99.7 Å². The van der Waals surface area contributed by atoms with Crippen LogP contribution in [0.1, 0.15) is 11.1 Å². The summed E-state index contributed by atoms with van der Waals surface area (Å²) in [5, 5.41) is 9.35. The molecular formula is C23H18F3N7O. The number of halogens is 3. The lowest BCUT2D eigenvalue weighted by Gasteiger charge is -2.29. The second kappa shape index (κ2) is 8.58. The van der Waals surface area contributed by atoms with Crippen LogP contribution in [0.4, 0.5) is 24.8 Å². The molecule has 2 aromatic heterocycles. The van der Waals surface area contributed by atoms with Gasteiger partial charge in [0.1, 0.15) is 6.33 Å². The lowest BCUT2D eigenvalue weighted by atomic mass is 10.1. The van der Waals surface area contributed by atoms with Gasteiger partial charge in [-0.15, -0.1) is 0 Å². The van der Waals surface area contributed by atoms with Crippen LogP contribution in [0.5, 0.6) is 0 Å². The van der Waals surface area contributed by atoms with Crippen molar-refractivity contribution in [2.24, 2.45) is 0 Å². The summed E-state index contributed by atoms with van der Waals surface area (Å²) in [6.07, 6.45) is -2.30. The molecule has 0 saturated heterocycles. The largest absolute Gasteiger partial charge is 0.393 e. The van der Waals surface area contributed by atoms with Crippen LogP contribution in [0.15, 0.2) is 61.1 Å². The van der Waals surface area contributed by atoms with Gasteiger partial charge in [0.25, 0.3) is 0 Å². The Morgan fingerprint density at radius 2 is 1.76 bits per heavy atom. The first-order valence-corrected chi connectivity index (χ1v) is 10.4. The number of fused-ring (bicyclic) bond motifs is 1. The van der Waals surface area contributed by atoms with Crippen molar-refractivity contribution in [3.05, 3.63) is 72.2 Å². The van der Waals surface area contributed by atoms with E-state index in [1.165, 1.54) is 18.5 Å². The lowest BCUT2D eigenvalue weighted by Crippen LogP contribution is -2.39. The summed E-state index contributed by atoms with van der Waals surface area (Å²) < 4.78 is 38.4. The SMILES string of the molecule is O=C1CN(Cc2cccc(CC(F)(F)F)c2)c2nc(-c3ccc(-c4ncn[nH]4)cc3)cnc2N1. The average molecular weight is 465 g/mol. The number of carbonyl (C=O) groups excluding carboxylic acids is 1. The summed E-state index contributed by atoms with van der Waals surface area (Å²) in [5.74, 6) is 1.14. The van der Waals surface area contributed by atoms with Gasteiger partial charge in [0, 0.05) is 17.7 Å². The quantitative estimate of drug-likeness (QED) is 0.462. The molecule has 1 aliphatic rings. The zero-order chi connectivity index (χ0) is 23.7. The number of carbonyl (C=O) groups is 1. The lowest BCUT2D eigenvalue weighted by molar-refractivity contribution is -0.127. The molecule has 1 aliphatic heterocycles. The van der Waals surface area contributed by atoms with E-state index < -0.39 is 12.6 Å². The van der Waals surface area contributed by atoms with E-state index in [0.29, 0.717) is 28.7 Å². The highest BCUT2D eigenvalue weighted by atomic mass is 19.4. The van der Waals surface area contributed by atoms with Gasteiger partial charge >= 0.3 is 6.18 Å². The van der Waals surface area contributed by atoms with E-state index in [4.69, 9.17) is 4.98 Å². The van der Waals surface area contributed by atoms with Crippen LogP contribution in [0.2, 0.25) is 0 Å². The second-order valence-corrected chi connectivity index (χ2v) is 7.86. The molecule has 0 atom stereocenters. The maximum atomic E-state index is 12.8. The van der Waals surface area contributed by atoms with Crippen molar-refractivity contribution in [1.82, 2.24) is 25.1 Å². The fraction of sp³-hybridized carbons (Fsp3) is 0.174. The number of aromatic nitrogens is 5. The molecule has 1 amide bonds. The number of nitrogens with zero attached hydrogens (tertiary/aromatic N) is 5. The minimum atomic E-state index is -4.29. The Hall–Kier alpha value is -4.28. The molecule has 0 aliphatic carbocycles. The Balaban J connectivity index is 1.42. The monoisotopic (exact) mass is 465 g/mol. The Labute approximate surface area is 191 Å². The van der Waals surface area contributed by atoms with E-state index in [-0.39, 0.29) is 24.6 Å². The fourth-order valence-electron chi connectivity index (χ4n) is 3.81. The van der Waals surface area contributed by atoms with Gasteiger partial charge in [0.2, 0.25) is 5.91 Å². The van der Waals surface area contributed by atoms with Crippen molar-refractivity contribution in [2.45, 2.75) is 19.1 Å². The highest BCUT2D eigenvalue weighted by molar-refractivity contribution is 5.99. The second-order valence-electron chi connectivity index (χ2n) is 7.86. The molecule has 34 heavy (non-hydrogen) atoms. The molecule has 5 rings (SSSR count). The van der Waals surface area contributed by atoms with Crippen molar-refractivity contribution in [2.75, 3.05) is 16.8 Å². The number of rotatable bonds is 5. The molecule has 0 saturated carbocycles. The molecule has 3 heterocycles. The first-order chi connectivity index (χ1) is 16.3. The Morgan fingerprint density at radius 3 is 2.50 bits per heavy atom. The van der Waals surface area contributed by atoms with Crippen LogP contribution in [0.3, 0.4) is 0 Å². The standard InChI is InChI=1S/C23H18F3N7O/c24-23(25,26)9-14-2-1-3-15(8-14)11-33-12-19(34)31-21-22(33)30-18(10-27-21)16-4-6-17(7-5-16)20-28-13-29-32-20/h1-8,10,13H,9,11-12H2,(H,27,31,34)(H,28,29,32). The van der Waals surface area contributed by atoms with E-state index in [1.54, 1.807) is 23.2 Å². The molecule has 0 bridgehead atoms. The third-order valence-corrected chi connectivity index (χ3v) is 5.28. The van der Waals surface area contributed by atoms with E-state index in [9.17, 15) is 18.0 Å². The number of amides is 1. The minimum absolute atomic E-state index is 0.0130. The summed E-state index contributed by atoms with van der Waals surface area (Å²) in [4.78, 5) is 27.1. The zero-order valence-corrected chi connectivity index (χ0v) is 17.7. The number of hydrogen-bond acceptors (Lipinski definition) is 6. The van der Waals surface area contributed by atoms with Crippen LogP contribution in [-0.2, 0) is 17.8 Å². The average Bonchev–Trinajstić information content (AvgIpc) is 3.33. The van der Waals surface area contributed by atoms with Crippen molar-refractivity contribution in [3.63, 3.8) is 0 Å². The highest BCUT2D eigenvalue weighted by Crippen LogP contribution is 2.31. The molecule has 172 valence electrons. The molecular weight excluding hydrogens is 447 g/mol. The van der Waals surface area contributed by atoms with Crippen LogP contribution in [0, 0.1) is 0 Å². The molecule has 2 aromatic carbocycles. The van der Waals surface area contributed by atoms with Gasteiger partial charge in [-0.05, 0) is 11.1 Å². The van der Waals surface area contributed by atoms with Gasteiger partial charge in [0.15, 0.2) is 17.5 Å². The van der Waals surface area contributed by atoms with Gasteiger partial charge in [-0.3, -0.25) is 9.89 Å². The van der Waals surface area contributed by atoms with Gasteiger partial charge < -0.3 is 10.2 Å². The summed E-state index contributed by atoms with van der Waals surface area (Å²) >= 11 is 0. The van der Waals surface area contributed by atoms with Crippen molar-refractivity contribution < 1.29 is 18.0 Å². The number of hydrogen-bond donors (Lipinski definition) is 2. The molecule has 8 nitrogen and oxygen atoms in total. The zero-order valence-electron chi connectivity index (χ0n) is 17.7. The molecule has 11 heteroatoms. The maximum Gasteiger partial charge on any atom is 0.393 e. The number of aromatic amines is 1. The predicted molar refractivity (Wildman–Crippen MR) is 119 cm³/mol. The van der Waals surface area contributed by atoms with Crippen LogP contribution in [0.25, 0.3) is 22.6 Å². The first-order valence-electron chi connectivity index (χ1n) is 10.4. The third-order valence-electron chi connectivity index (χ3n) is 5.28. The van der Waals surface area contributed by atoms with E-state index in [1.807, 2.05) is 24.3 Å². The van der Waals surface area contributed by atoms with Gasteiger partial charge in [-0.25, -0.2) is 15.0 Å². The first kappa shape index (κ1) is 21.6. The summed E-state index contributed by atoms with van der Waals surface area (Å²) in [7, 11) is 0. The predicted octanol–water partition coefficient (Wildman–Crippen LogP) is 3.99. The van der Waals surface area contributed by atoms with Crippen molar-refractivity contribution in [3.8, 4) is 22.6 Å². The fourth-order valence-corrected chi connectivity index (χ4v) is 3.81. The number of benzene rings is 2. The molecule has 4 aromatic rings. The number of nitrogens with one attached hydrogen (secondary N) is 2. The molecule has 2 N–H and O–H groups in total. The summed E-state index contributed by atoms with van der Waals surface area (Å²) in [6, 6.07) is 13.8. The van der Waals surface area contributed by atoms with Crippen LogP contribution in [-0.4, -0.2) is 43.8 Å². The van der Waals surface area contributed by atoms with Gasteiger partial charge in [-0.2, -0.15) is 18.3 Å². The number of anilines is 2. The van der Waals surface area contributed by atoms with Crippen LogP contribution >= 0.6 is 0 Å². The van der Waals surface area contributed by atoms with Gasteiger partial charge in [-0.1, -0.05) is 48.5 Å². The summed E-state index contributed by atoms with van der Waals surface area (Å²) in [5.41, 5.74) is 3.07. The Morgan fingerprint density at radius 1 is 1.00 bits per heavy atom. The van der Waals surface area contributed by atoms with Gasteiger partial charge in [0.05, 0.1) is 24.9 Å². The minimum Gasteiger partial charge on any atom is -0.340 e. The molecule has 0 unspecified atom stereocenters. The smallest absolute Gasteiger partial charge is 0.340 e. The Bertz CT molecular complexity index is 1320. The van der Waals surface area contributed by atoms with E-state index in [2.05, 4.69) is 25.5 Å². The third kappa shape index (κ3) is 4.72. The molecule has 0 fully saturated rings. The normalized spacial score (nSPS) is 13.5. The van der Waals surface area contributed by atoms with Crippen molar-refractivity contribution >= 4 is 17.5 Å². The van der Waals surface area contributed by atoms with E-state index >= 15 is 0 Å². The number of alkyl halides is 3. The maximum absolute atomic E-state index is 12.8.